The van der Waals surface area contributed by atoms with Gasteiger partial charge in [0.05, 0.1) is 17.3 Å². The van der Waals surface area contributed by atoms with Crippen LogP contribution in [0, 0.1) is 0 Å². The molecule has 0 saturated carbocycles. The first-order valence-corrected chi connectivity index (χ1v) is 6.29. The predicted molar refractivity (Wildman–Crippen MR) is 72.0 cm³/mol. The number of hydrogen-bond acceptors (Lipinski definition) is 5. The van der Waals surface area contributed by atoms with Gasteiger partial charge in [0.1, 0.15) is 5.82 Å². The lowest BCUT2D eigenvalue weighted by Gasteiger charge is -2.15. The Morgan fingerprint density at radius 3 is 2.94 bits per heavy atom. The van der Waals surface area contributed by atoms with Crippen LogP contribution in [0.3, 0.4) is 0 Å². The number of pyridine rings is 1. The molecule has 0 radical (unpaired) electrons. The Morgan fingerprint density at radius 1 is 1.61 bits per heavy atom. The Balaban J connectivity index is 2.17. The molecule has 0 bridgehead atoms. The normalized spacial score (nSPS) is 12.1. The molecule has 0 aliphatic rings. The van der Waals surface area contributed by atoms with Crippen LogP contribution in [0.5, 0.6) is 0 Å². The molecule has 0 saturated heterocycles. The first-order chi connectivity index (χ1) is 8.58. The molecule has 1 atom stereocenters. The fourth-order valence-electron chi connectivity index (χ4n) is 1.53. The van der Waals surface area contributed by atoms with E-state index in [-0.39, 0.29) is 11.6 Å². The molecule has 0 aromatic carbocycles. The standard InChI is InChI=1S/C12H13N3O2S/c1-7(8-2-3-18-6-8)15-11-10(13)4-9(5-14-11)12(16)17/h2-7H,13H2,1H3,(H,14,15)(H,16,17). The predicted octanol–water partition coefficient (Wildman–Crippen LogP) is 2.60. The number of rotatable bonds is 4. The number of carboxylic acid groups (broad SMARTS) is 1. The fraction of sp³-hybridized carbons (Fsp3) is 0.167. The summed E-state index contributed by atoms with van der Waals surface area (Å²) < 4.78 is 0. The summed E-state index contributed by atoms with van der Waals surface area (Å²) in [6.45, 7) is 1.99. The number of hydrogen-bond donors (Lipinski definition) is 3. The molecule has 2 aromatic heterocycles. The summed E-state index contributed by atoms with van der Waals surface area (Å²) in [4.78, 5) is 14.8. The minimum atomic E-state index is -1.04. The number of carbonyl (C=O) groups is 1. The van der Waals surface area contributed by atoms with E-state index in [0.29, 0.717) is 11.5 Å². The van der Waals surface area contributed by atoms with Crippen molar-refractivity contribution in [2.75, 3.05) is 11.1 Å². The average molecular weight is 263 g/mol. The number of anilines is 2. The molecule has 1 unspecified atom stereocenters. The third-order valence-electron chi connectivity index (χ3n) is 2.56. The molecule has 0 spiro atoms. The van der Waals surface area contributed by atoms with Gasteiger partial charge in [0.2, 0.25) is 0 Å². The summed E-state index contributed by atoms with van der Waals surface area (Å²) in [5, 5.41) is 16.0. The number of nitrogen functional groups attached to an aromatic ring is 1. The SMILES string of the molecule is CC(Nc1ncc(C(=O)O)cc1N)c1ccsc1. The first-order valence-electron chi connectivity index (χ1n) is 5.35. The Kier molecular flexibility index (Phi) is 3.47. The van der Waals surface area contributed by atoms with Gasteiger partial charge in [-0.15, -0.1) is 0 Å². The molecule has 0 amide bonds. The number of aromatic nitrogens is 1. The number of carboxylic acids is 1. The van der Waals surface area contributed by atoms with E-state index in [0.717, 1.165) is 5.56 Å². The highest BCUT2D eigenvalue weighted by molar-refractivity contribution is 7.07. The average Bonchev–Trinajstić information content (AvgIpc) is 2.85. The number of aromatic carboxylic acids is 1. The van der Waals surface area contributed by atoms with Crippen molar-refractivity contribution in [2.45, 2.75) is 13.0 Å². The van der Waals surface area contributed by atoms with E-state index in [1.807, 2.05) is 23.8 Å². The van der Waals surface area contributed by atoms with Gasteiger partial charge < -0.3 is 16.2 Å². The summed E-state index contributed by atoms with van der Waals surface area (Å²) in [5.41, 5.74) is 7.33. The van der Waals surface area contributed by atoms with Gasteiger partial charge in [-0.05, 0) is 35.4 Å². The van der Waals surface area contributed by atoms with Crippen molar-refractivity contribution >= 4 is 28.8 Å². The number of nitrogens with one attached hydrogen (secondary N) is 1. The molecule has 18 heavy (non-hydrogen) atoms. The van der Waals surface area contributed by atoms with E-state index in [1.54, 1.807) is 11.3 Å². The van der Waals surface area contributed by atoms with Crippen LogP contribution in [0.2, 0.25) is 0 Å². The van der Waals surface area contributed by atoms with Gasteiger partial charge in [-0.3, -0.25) is 0 Å². The quantitative estimate of drug-likeness (QED) is 0.789. The highest BCUT2D eigenvalue weighted by Gasteiger charge is 2.11. The second-order valence-electron chi connectivity index (χ2n) is 3.89. The maximum atomic E-state index is 10.8. The van der Waals surface area contributed by atoms with E-state index in [9.17, 15) is 4.79 Å². The minimum Gasteiger partial charge on any atom is -0.478 e. The molecule has 0 aliphatic heterocycles. The Morgan fingerprint density at radius 2 is 2.39 bits per heavy atom. The van der Waals surface area contributed by atoms with E-state index >= 15 is 0 Å². The molecule has 4 N–H and O–H groups in total. The van der Waals surface area contributed by atoms with Crippen molar-refractivity contribution in [3.63, 3.8) is 0 Å². The second-order valence-corrected chi connectivity index (χ2v) is 4.67. The lowest BCUT2D eigenvalue weighted by atomic mass is 10.2. The minimum absolute atomic E-state index is 0.0710. The van der Waals surface area contributed by atoms with Crippen molar-refractivity contribution in [1.29, 1.82) is 0 Å². The van der Waals surface area contributed by atoms with E-state index in [2.05, 4.69) is 10.3 Å². The molecule has 5 nitrogen and oxygen atoms in total. The zero-order chi connectivity index (χ0) is 13.1. The maximum Gasteiger partial charge on any atom is 0.337 e. The molecule has 94 valence electrons. The van der Waals surface area contributed by atoms with E-state index in [1.165, 1.54) is 12.3 Å². The maximum absolute atomic E-state index is 10.8. The first kappa shape index (κ1) is 12.4. The van der Waals surface area contributed by atoms with E-state index in [4.69, 9.17) is 10.8 Å². The zero-order valence-electron chi connectivity index (χ0n) is 9.75. The van der Waals surface area contributed by atoms with Crippen LogP contribution in [0.4, 0.5) is 11.5 Å². The fourth-order valence-corrected chi connectivity index (χ4v) is 2.28. The number of nitrogens with zero attached hydrogens (tertiary/aromatic N) is 1. The molecular weight excluding hydrogens is 250 g/mol. The summed E-state index contributed by atoms with van der Waals surface area (Å²) >= 11 is 1.62. The molecule has 6 heteroatoms. The van der Waals surface area contributed by atoms with Crippen LogP contribution in [0.25, 0.3) is 0 Å². The van der Waals surface area contributed by atoms with Crippen LogP contribution in [0.1, 0.15) is 28.9 Å². The lowest BCUT2D eigenvalue weighted by Crippen LogP contribution is -2.10. The van der Waals surface area contributed by atoms with Crippen molar-refractivity contribution in [3.8, 4) is 0 Å². The molecular formula is C12H13N3O2S. The Labute approximate surface area is 108 Å². The van der Waals surface area contributed by atoms with Crippen LogP contribution in [0.15, 0.2) is 29.1 Å². The summed E-state index contributed by atoms with van der Waals surface area (Å²) in [6, 6.07) is 3.49. The van der Waals surface area contributed by atoms with Crippen molar-refractivity contribution in [2.24, 2.45) is 0 Å². The Bertz CT molecular complexity index is 554. The van der Waals surface area contributed by atoms with Crippen molar-refractivity contribution < 1.29 is 9.90 Å². The van der Waals surface area contributed by atoms with Crippen LogP contribution in [-0.2, 0) is 0 Å². The molecule has 0 aliphatic carbocycles. The number of thiophene rings is 1. The molecule has 0 fully saturated rings. The largest absolute Gasteiger partial charge is 0.478 e. The monoisotopic (exact) mass is 263 g/mol. The van der Waals surface area contributed by atoms with Gasteiger partial charge in [-0.25, -0.2) is 9.78 Å². The third kappa shape index (κ3) is 2.60. The zero-order valence-corrected chi connectivity index (χ0v) is 10.6. The topological polar surface area (TPSA) is 88.2 Å². The number of nitrogens with two attached hydrogens (primary N) is 1. The lowest BCUT2D eigenvalue weighted by molar-refractivity contribution is 0.0696. The highest BCUT2D eigenvalue weighted by atomic mass is 32.1. The van der Waals surface area contributed by atoms with Gasteiger partial charge in [0.15, 0.2) is 0 Å². The van der Waals surface area contributed by atoms with Gasteiger partial charge in [0.25, 0.3) is 0 Å². The highest BCUT2D eigenvalue weighted by Crippen LogP contribution is 2.24. The van der Waals surface area contributed by atoms with Gasteiger partial charge >= 0.3 is 5.97 Å². The van der Waals surface area contributed by atoms with Crippen LogP contribution < -0.4 is 11.1 Å². The summed E-state index contributed by atoms with van der Waals surface area (Å²) in [7, 11) is 0. The van der Waals surface area contributed by atoms with Crippen LogP contribution in [-0.4, -0.2) is 16.1 Å². The summed E-state index contributed by atoms with van der Waals surface area (Å²) in [6.07, 6.45) is 1.29. The van der Waals surface area contributed by atoms with Crippen molar-refractivity contribution in [1.82, 2.24) is 4.98 Å². The third-order valence-corrected chi connectivity index (χ3v) is 3.26. The molecule has 2 aromatic rings. The smallest absolute Gasteiger partial charge is 0.337 e. The van der Waals surface area contributed by atoms with Gasteiger partial charge in [-0.2, -0.15) is 11.3 Å². The van der Waals surface area contributed by atoms with Crippen LogP contribution >= 0.6 is 11.3 Å². The van der Waals surface area contributed by atoms with Crippen molar-refractivity contribution in [3.05, 3.63) is 40.2 Å². The van der Waals surface area contributed by atoms with E-state index < -0.39 is 5.97 Å². The second kappa shape index (κ2) is 5.05. The summed E-state index contributed by atoms with van der Waals surface area (Å²) in [5.74, 6) is -0.537. The van der Waals surface area contributed by atoms with Gasteiger partial charge in [-0.1, -0.05) is 0 Å². The molecule has 2 heterocycles. The molecule has 2 rings (SSSR count). The van der Waals surface area contributed by atoms with Gasteiger partial charge in [0, 0.05) is 6.20 Å². The Hall–Kier alpha value is -2.08.